The summed E-state index contributed by atoms with van der Waals surface area (Å²) in [7, 11) is 3.56. The number of aromatic nitrogens is 1. The Morgan fingerprint density at radius 1 is 1.00 bits per heavy atom. The highest BCUT2D eigenvalue weighted by Gasteiger charge is 2.14. The monoisotopic (exact) mass is 350 g/mol. The van der Waals surface area contributed by atoms with E-state index in [1.807, 2.05) is 80.1 Å². The topological polar surface area (TPSA) is 52.5 Å². The van der Waals surface area contributed by atoms with Gasteiger partial charge < -0.3 is 19.4 Å². The number of benzene rings is 2. The van der Waals surface area contributed by atoms with Crippen molar-refractivity contribution in [2.24, 2.45) is 7.05 Å². The molecule has 1 aromatic heterocycles. The minimum absolute atomic E-state index is 0.121. The predicted octanol–water partition coefficient (Wildman–Crippen LogP) is 4.70. The first-order chi connectivity index (χ1) is 12.5. The van der Waals surface area contributed by atoms with Gasteiger partial charge in [0.05, 0.1) is 12.7 Å². The largest absolute Gasteiger partial charge is 0.493 e. The van der Waals surface area contributed by atoms with Crippen LogP contribution in [0.3, 0.4) is 0 Å². The molecule has 0 aliphatic carbocycles. The number of nitrogens with one attached hydrogen (secondary N) is 1. The maximum Gasteiger partial charge on any atom is 0.257 e. The number of para-hydroxylation sites is 2. The average molecular weight is 350 g/mol. The fraction of sp³-hybridized carbons (Fsp3) is 0.190. The number of ether oxygens (including phenoxy) is 2. The third-order valence-corrected chi connectivity index (χ3v) is 4.43. The minimum atomic E-state index is -0.121. The van der Waals surface area contributed by atoms with Crippen molar-refractivity contribution in [1.29, 1.82) is 0 Å². The van der Waals surface area contributed by atoms with E-state index in [1.54, 1.807) is 7.11 Å². The molecule has 3 aromatic rings. The summed E-state index contributed by atoms with van der Waals surface area (Å²) < 4.78 is 13.1. The second-order valence-corrected chi connectivity index (χ2v) is 6.08. The van der Waals surface area contributed by atoms with E-state index < -0.39 is 0 Å². The van der Waals surface area contributed by atoms with E-state index in [0.717, 1.165) is 11.4 Å². The van der Waals surface area contributed by atoms with Gasteiger partial charge in [-0.1, -0.05) is 12.1 Å². The smallest absolute Gasteiger partial charge is 0.257 e. The van der Waals surface area contributed by atoms with Crippen molar-refractivity contribution in [3.8, 4) is 17.2 Å². The van der Waals surface area contributed by atoms with E-state index >= 15 is 0 Å². The van der Waals surface area contributed by atoms with Gasteiger partial charge in [-0.2, -0.15) is 0 Å². The van der Waals surface area contributed by atoms with Gasteiger partial charge in [-0.05, 0) is 56.3 Å². The lowest BCUT2D eigenvalue weighted by Gasteiger charge is -2.11. The van der Waals surface area contributed by atoms with Crippen LogP contribution in [0.15, 0.2) is 54.6 Å². The third-order valence-electron chi connectivity index (χ3n) is 4.43. The zero-order valence-electron chi connectivity index (χ0n) is 15.4. The van der Waals surface area contributed by atoms with E-state index in [4.69, 9.17) is 9.47 Å². The van der Waals surface area contributed by atoms with Crippen LogP contribution >= 0.6 is 0 Å². The molecule has 1 N–H and O–H groups in total. The van der Waals surface area contributed by atoms with Crippen LogP contribution in [-0.2, 0) is 7.05 Å². The van der Waals surface area contributed by atoms with Crippen LogP contribution in [-0.4, -0.2) is 17.6 Å². The highest BCUT2D eigenvalue weighted by atomic mass is 16.5. The fourth-order valence-electron chi connectivity index (χ4n) is 2.72. The van der Waals surface area contributed by atoms with Crippen molar-refractivity contribution in [2.75, 3.05) is 12.4 Å². The Balaban J connectivity index is 1.71. The Morgan fingerprint density at radius 2 is 1.65 bits per heavy atom. The van der Waals surface area contributed by atoms with Crippen LogP contribution in [0.1, 0.15) is 21.7 Å². The highest BCUT2D eigenvalue weighted by Crippen LogP contribution is 2.31. The molecule has 2 aromatic carbocycles. The van der Waals surface area contributed by atoms with Crippen LogP contribution in [0.25, 0.3) is 0 Å². The van der Waals surface area contributed by atoms with Crippen molar-refractivity contribution >= 4 is 11.6 Å². The molecule has 0 radical (unpaired) electrons. The summed E-state index contributed by atoms with van der Waals surface area (Å²) in [5.41, 5.74) is 3.38. The second-order valence-electron chi connectivity index (χ2n) is 6.08. The molecular formula is C21H22N2O3. The molecule has 1 amide bonds. The van der Waals surface area contributed by atoms with Gasteiger partial charge in [0.15, 0.2) is 11.5 Å². The number of aryl methyl sites for hydroxylation is 1. The standard InChI is InChI=1S/C21H22N2O3/c1-14-13-18(15(2)23(14)3)21(24)22-16-9-11-17(12-10-16)26-20-8-6-5-7-19(20)25-4/h5-13H,1-4H3,(H,22,24). The first-order valence-corrected chi connectivity index (χ1v) is 8.35. The number of nitrogens with zero attached hydrogens (tertiary/aromatic N) is 1. The Hall–Kier alpha value is -3.21. The minimum Gasteiger partial charge on any atom is -0.493 e. The van der Waals surface area contributed by atoms with Crippen molar-refractivity contribution in [2.45, 2.75) is 13.8 Å². The molecule has 0 saturated heterocycles. The van der Waals surface area contributed by atoms with E-state index in [-0.39, 0.29) is 5.91 Å². The first-order valence-electron chi connectivity index (χ1n) is 8.35. The van der Waals surface area contributed by atoms with Crippen LogP contribution in [0.4, 0.5) is 5.69 Å². The molecule has 0 aliphatic heterocycles. The number of carbonyl (C=O) groups excluding carboxylic acids is 1. The Bertz CT molecular complexity index is 927. The Labute approximate surface area is 153 Å². The molecule has 5 nitrogen and oxygen atoms in total. The number of carbonyl (C=O) groups is 1. The van der Waals surface area contributed by atoms with Crippen molar-refractivity contribution < 1.29 is 14.3 Å². The van der Waals surface area contributed by atoms with Gasteiger partial charge in [-0.25, -0.2) is 0 Å². The highest BCUT2D eigenvalue weighted by molar-refractivity contribution is 6.05. The van der Waals surface area contributed by atoms with Crippen molar-refractivity contribution in [3.63, 3.8) is 0 Å². The summed E-state index contributed by atoms with van der Waals surface area (Å²) in [6.45, 7) is 3.92. The van der Waals surface area contributed by atoms with Gasteiger partial charge in [0.1, 0.15) is 5.75 Å². The van der Waals surface area contributed by atoms with Crippen molar-refractivity contribution in [1.82, 2.24) is 4.57 Å². The molecule has 26 heavy (non-hydrogen) atoms. The van der Waals surface area contributed by atoms with E-state index in [0.29, 0.717) is 28.5 Å². The lowest BCUT2D eigenvalue weighted by atomic mass is 10.2. The first kappa shape index (κ1) is 17.6. The number of rotatable bonds is 5. The average Bonchev–Trinajstić information content (AvgIpc) is 2.91. The molecule has 0 saturated carbocycles. The molecule has 3 rings (SSSR count). The van der Waals surface area contributed by atoms with E-state index in [2.05, 4.69) is 5.32 Å². The lowest BCUT2D eigenvalue weighted by molar-refractivity contribution is 0.102. The normalized spacial score (nSPS) is 10.5. The molecule has 0 spiro atoms. The molecule has 0 fully saturated rings. The number of hydrogen-bond donors (Lipinski definition) is 1. The summed E-state index contributed by atoms with van der Waals surface area (Å²) in [5.74, 6) is 1.85. The Morgan fingerprint density at radius 3 is 2.23 bits per heavy atom. The molecule has 0 unspecified atom stereocenters. The molecule has 0 aliphatic rings. The summed E-state index contributed by atoms with van der Waals surface area (Å²) in [6, 6.07) is 16.6. The molecular weight excluding hydrogens is 328 g/mol. The third kappa shape index (κ3) is 3.57. The van der Waals surface area contributed by atoms with Gasteiger partial charge >= 0.3 is 0 Å². The van der Waals surface area contributed by atoms with E-state index in [1.165, 1.54) is 0 Å². The van der Waals surface area contributed by atoms with E-state index in [9.17, 15) is 4.79 Å². The maximum absolute atomic E-state index is 12.5. The molecule has 1 heterocycles. The summed E-state index contributed by atoms with van der Waals surface area (Å²) >= 11 is 0. The van der Waals surface area contributed by atoms with Crippen LogP contribution in [0.5, 0.6) is 17.2 Å². The van der Waals surface area contributed by atoms with Crippen molar-refractivity contribution in [3.05, 3.63) is 71.5 Å². The lowest BCUT2D eigenvalue weighted by Crippen LogP contribution is -2.12. The molecule has 0 atom stereocenters. The zero-order valence-corrected chi connectivity index (χ0v) is 15.4. The summed E-state index contributed by atoms with van der Waals surface area (Å²) in [5, 5.41) is 2.92. The summed E-state index contributed by atoms with van der Waals surface area (Å²) in [6.07, 6.45) is 0. The number of anilines is 1. The SMILES string of the molecule is COc1ccccc1Oc1ccc(NC(=O)c2cc(C)n(C)c2C)cc1. The summed E-state index contributed by atoms with van der Waals surface area (Å²) in [4.78, 5) is 12.5. The van der Waals surface area contributed by atoms with Crippen LogP contribution in [0, 0.1) is 13.8 Å². The van der Waals surface area contributed by atoms with Gasteiger partial charge in [-0.3, -0.25) is 4.79 Å². The quantitative estimate of drug-likeness (QED) is 0.726. The molecule has 134 valence electrons. The van der Waals surface area contributed by atoms with Gasteiger partial charge in [-0.15, -0.1) is 0 Å². The number of methoxy groups -OCH3 is 1. The maximum atomic E-state index is 12.5. The number of amides is 1. The zero-order chi connectivity index (χ0) is 18.7. The number of hydrogen-bond acceptors (Lipinski definition) is 3. The second kappa shape index (κ2) is 7.35. The van der Waals surface area contributed by atoms with Gasteiger partial charge in [0.2, 0.25) is 0 Å². The molecule has 0 bridgehead atoms. The predicted molar refractivity (Wildman–Crippen MR) is 102 cm³/mol. The van der Waals surface area contributed by atoms with Gasteiger partial charge in [0.25, 0.3) is 5.91 Å². The van der Waals surface area contributed by atoms with Crippen LogP contribution < -0.4 is 14.8 Å². The van der Waals surface area contributed by atoms with Crippen LogP contribution in [0.2, 0.25) is 0 Å². The molecule has 5 heteroatoms. The Kier molecular flexibility index (Phi) is 4.98. The fourth-order valence-corrected chi connectivity index (χ4v) is 2.72. The van der Waals surface area contributed by atoms with Gasteiger partial charge in [0, 0.05) is 24.1 Å².